The van der Waals surface area contributed by atoms with Crippen LogP contribution in [0.25, 0.3) is 0 Å². The topological polar surface area (TPSA) is 59.1 Å². The van der Waals surface area contributed by atoms with E-state index in [4.69, 9.17) is 4.74 Å². The van der Waals surface area contributed by atoms with Gasteiger partial charge in [0.25, 0.3) is 0 Å². The zero-order chi connectivity index (χ0) is 12.8. The fourth-order valence-electron chi connectivity index (χ4n) is 1.51. The lowest BCUT2D eigenvalue weighted by molar-refractivity contribution is 0.414. The molecular weight excluding hydrogens is 228 g/mol. The number of hydrogen-bond acceptors (Lipinski definition) is 5. The molecular formula is C13H16N4O. The van der Waals surface area contributed by atoms with Crippen LogP contribution >= 0.6 is 0 Å². The number of nitrogens with one attached hydrogen (secondary N) is 2. The molecule has 0 aliphatic carbocycles. The molecule has 0 amide bonds. The van der Waals surface area contributed by atoms with Crippen molar-refractivity contribution in [3.05, 3.63) is 42.1 Å². The van der Waals surface area contributed by atoms with Crippen molar-refractivity contribution in [2.75, 3.05) is 24.8 Å². The maximum Gasteiger partial charge on any atom is 0.224 e. The van der Waals surface area contributed by atoms with Crippen LogP contribution in [0.4, 0.5) is 11.8 Å². The number of aromatic nitrogens is 2. The quantitative estimate of drug-likeness (QED) is 0.843. The number of methoxy groups -OCH3 is 1. The van der Waals surface area contributed by atoms with Gasteiger partial charge in [0, 0.05) is 19.8 Å². The van der Waals surface area contributed by atoms with E-state index in [-0.39, 0.29) is 0 Å². The van der Waals surface area contributed by atoms with Crippen molar-refractivity contribution in [3.63, 3.8) is 0 Å². The van der Waals surface area contributed by atoms with E-state index in [0.717, 1.165) is 11.6 Å². The number of anilines is 2. The predicted octanol–water partition coefficient (Wildman–Crippen LogP) is 2.14. The first-order valence-electron chi connectivity index (χ1n) is 5.69. The largest absolute Gasteiger partial charge is 0.497 e. The Morgan fingerprint density at radius 3 is 2.61 bits per heavy atom. The highest BCUT2D eigenvalue weighted by Crippen LogP contribution is 2.13. The smallest absolute Gasteiger partial charge is 0.224 e. The standard InChI is InChI=1S/C13H16N4O/c1-14-13-15-8-7-12(17-13)16-9-10-3-5-11(18-2)6-4-10/h3-8H,9H2,1-2H3,(H2,14,15,16,17). The lowest BCUT2D eigenvalue weighted by atomic mass is 10.2. The SMILES string of the molecule is CNc1nccc(NCc2ccc(OC)cc2)n1. The van der Waals surface area contributed by atoms with Crippen molar-refractivity contribution in [3.8, 4) is 5.75 Å². The maximum absolute atomic E-state index is 5.11. The van der Waals surface area contributed by atoms with E-state index >= 15 is 0 Å². The Morgan fingerprint density at radius 1 is 1.17 bits per heavy atom. The Kier molecular flexibility index (Phi) is 3.96. The summed E-state index contributed by atoms with van der Waals surface area (Å²) in [5.41, 5.74) is 1.17. The van der Waals surface area contributed by atoms with Crippen LogP contribution in [-0.2, 0) is 6.54 Å². The Hall–Kier alpha value is -2.30. The van der Waals surface area contributed by atoms with E-state index in [9.17, 15) is 0 Å². The van der Waals surface area contributed by atoms with Gasteiger partial charge in [-0.25, -0.2) is 4.98 Å². The lowest BCUT2D eigenvalue weighted by Crippen LogP contribution is -2.04. The van der Waals surface area contributed by atoms with Crippen molar-refractivity contribution in [1.29, 1.82) is 0 Å². The van der Waals surface area contributed by atoms with Gasteiger partial charge in [0.1, 0.15) is 11.6 Å². The summed E-state index contributed by atoms with van der Waals surface area (Å²) in [5.74, 6) is 2.26. The first-order chi connectivity index (χ1) is 8.81. The van der Waals surface area contributed by atoms with Crippen LogP contribution in [0.15, 0.2) is 36.5 Å². The van der Waals surface area contributed by atoms with E-state index in [1.807, 2.05) is 30.3 Å². The molecule has 0 aliphatic heterocycles. The fourth-order valence-corrected chi connectivity index (χ4v) is 1.51. The molecule has 18 heavy (non-hydrogen) atoms. The first kappa shape index (κ1) is 12.2. The molecule has 0 fully saturated rings. The molecule has 0 atom stereocenters. The van der Waals surface area contributed by atoms with Crippen LogP contribution in [0.2, 0.25) is 0 Å². The zero-order valence-electron chi connectivity index (χ0n) is 10.5. The minimum absolute atomic E-state index is 0.606. The van der Waals surface area contributed by atoms with Crippen LogP contribution in [0.3, 0.4) is 0 Å². The molecule has 1 aromatic carbocycles. The number of ether oxygens (including phenoxy) is 1. The van der Waals surface area contributed by atoms with Crippen molar-refractivity contribution in [2.45, 2.75) is 6.54 Å². The van der Waals surface area contributed by atoms with E-state index in [2.05, 4.69) is 20.6 Å². The van der Waals surface area contributed by atoms with Gasteiger partial charge in [-0.05, 0) is 23.8 Å². The summed E-state index contributed by atoms with van der Waals surface area (Å²) >= 11 is 0. The third-order valence-electron chi connectivity index (χ3n) is 2.51. The lowest BCUT2D eigenvalue weighted by Gasteiger charge is -2.07. The van der Waals surface area contributed by atoms with Crippen molar-refractivity contribution >= 4 is 11.8 Å². The molecule has 0 bridgehead atoms. The Labute approximate surface area is 106 Å². The molecule has 0 spiro atoms. The van der Waals surface area contributed by atoms with Gasteiger partial charge in [0.05, 0.1) is 7.11 Å². The molecule has 5 heteroatoms. The van der Waals surface area contributed by atoms with Crippen molar-refractivity contribution < 1.29 is 4.74 Å². The molecule has 0 saturated carbocycles. The average molecular weight is 244 g/mol. The van der Waals surface area contributed by atoms with Crippen LogP contribution < -0.4 is 15.4 Å². The van der Waals surface area contributed by atoms with Gasteiger partial charge in [0.2, 0.25) is 5.95 Å². The fraction of sp³-hybridized carbons (Fsp3) is 0.231. The third-order valence-corrected chi connectivity index (χ3v) is 2.51. The number of nitrogens with zero attached hydrogens (tertiary/aromatic N) is 2. The second kappa shape index (κ2) is 5.86. The first-order valence-corrected chi connectivity index (χ1v) is 5.69. The Morgan fingerprint density at radius 2 is 1.94 bits per heavy atom. The molecule has 0 radical (unpaired) electrons. The minimum Gasteiger partial charge on any atom is -0.497 e. The third kappa shape index (κ3) is 3.10. The van der Waals surface area contributed by atoms with Gasteiger partial charge in [-0.1, -0.05) is 12.1 Å². The molecule has 1 heterocycles. The van der Waals surface area contributed by atoms with Crippen LogP contribution in [-0.4, -0.2) is 24.1 Å². The van der Waals surface area contributed by atoms with E-state index in [0.29, 0.717) is 12.5 Å². The van der Waals surface area contributed by atoms with Gasteiger partial charge >= 0.3 is 0 Å². The maximum atomic E-state index is 5.11. The molecule has 2 aromatic rings. The van der Waals surface area contributed by atoms with Gasteiger partial charge in [0.15, 0.2) is 0 Å². The normalized spacial score (nSPS) is 9.89. The predicted molar refractivity (Wildman–Crippen MR) is 71.9 cm³/mol. The monoisotopic (exact) mass is 244 g/mol. The van der Waals surface area contributed by atoms with E-state index < -0.39 is 0 Å². The number of rotatable bonds is 5. The van der Waals surface area contributed by atoms with Gasteiger partial charge in [-0.2, -0.15) is 4.98 Å². The van der Waals surface area contributed by atoms with Gasteiger partial charge < -0.3 is 15.4 Å². The summed E-state index contributed by atoms with van der Waals surface area (Å²) in [7, 11) is 3.45. The second-order valence-corrected chi connectivity index (χ2v) is 3.72. The highest BCUT2D eigenvalue weighted by atomic mass is 16.5. The molecule has 94 valence electrons. The Bertz CT molecular complexity index is 499. The molecule has 0 saturated heterocycles. The summed E-state index contributed by atoms with van der Waals surface area (Å²) in [6.07, 6.45) is 1.72. The zero-order valence-corrected chi connectivity index (χ0v) is 10.5. The summed E-state index contributed by atoms with van der Waals surface area (Å²) in [6, 6.07) is 9.76. The summed E-state index contributed by atoms with van der Waals surface area (Å²) in [4.78, 5) is 8.34. The molecule has 5 nitrogen and oxygen atoms in total. The summed E-state index contributed by atoms with van der Waals surface area (Å²) < 4.78 is 5.11. The molecule has 2 N–H and O–H groups in total. The highest BCUT2D eigenvalue weighted by molar-refractivity contribution is 5.40. The van der Waals surface area contributed by atoms with Gasteiger partial charge in [-0.15, -0.1) is 0 Å². The van der Waals surface area contributed by atoms with Crippen molar-refractivity contribution in [1.82, 2.24) is 9.97 Å². The number of hydrogen-bond donors (Lipinski definition) is 2. The number of benzene rings is 1. The van der Waals surface area contributed by atoms with Gasteiger partial charge in [-0.3, -0.25) is 0 Å². The second-order valence-electron chi connectivity index (χ2n) is 3.72. The van der Waals surface area contributed by atoms with Crippen molar-refractivity contribution in [2.24, 2.45) is 0 Å². The molecule has 1 aromatic heterocycles. The highest BCUT2D eigenvalue weighted by Gasteiger charge is 1.98. The molecule has 2 rings (SSSR count). The Balaban J connectivity index is 1.97. The van der Waals surface area contributed by atoms with E-state index in [1.54, 1.807) is 20.4 Å². The summed E-state index contributed by atoms with van der Waals surface area (Å²) in [5, 5.41) is 6.14. The molecule has 0 unspecified atom stereocenters. The molecule has 0 aliphatic rings. The summed E-state index contributed by atoms with van der Waals surface area (Å²) in [6.45, 7) is 0.712. The van der Waals surface area contributed by atoms with E-state index in [1.165, 1.54) is 5.56 Å². The van der Waals surface area contributed by atoms with Crippen LogP contribution in [0.5, 0.6) is 5.75 Å². The minimum atomic E-state index is 0.606. The average Bonchev–Trinajstić information content (AvgIpc) is 2.46. The van der Waals surface area contributed by atoms with Crippen LogP contribution in [0.1, 0.15) is 5.56 Å². The van der Waals surface area contributed by atoms with Crippen LogP contribution in [0, 0.1) is 0 Å².